The quantitative estimate of drug-likeness (QED) is 0.314. The van der Waals surface area contributed by atoms with Crippen LogP contribution in [0.4, 0.5) is 0 Å². The van der Waals surface area contributed by atoms with E-state index in [9.17, 15) is 0 Å². The van der Waals surface area contributed by atoms with Crippen LogP contribution in [-0.4, -0.2) is 23.7 Å². The van der Waals surface area contributed by atoms with E-state index in [-0.39, 0.29) is 0 Å². The number of hydrogen-bond acceptors (Lipinski definition) is 2. The van der Waals surface area contributed by atoms with Crippen LogP contribution in [-0.2, 0) is 9.16 Å². The number of hydrogen-bond donors (Lipinski definition) is 0. The lowest BCUT2D eigenvalue weighted by Gasteiger charge is -1.97. The molecule has 0 fully saturated rings. The summed E-state index contributed by atoms with van der Waals surface area (Å²) >= 11 is 0. The van der Waals surface area contributed by atoms with Crippen molar-refractivity contribution in [2.24, 2.45) is 0 Å². The molecule has 0 N–H and O–H groups in total. The molecule has 9 heavy (non-hydrogen) atoms. The van der Waals surface area contributed by atoms with Gasteiger partial charge in [0.15, 0.2) is 0 Å². The fraction of sp³-hybridized carbons (Fsp3) is 0.667. The highest BCUT2D eigenvalue weighted by atomic mass is 28.2. The van der Waals surface area contributed by atoms with E-state index in [1.54, 1.807) is 6.26 Å². The van der Waals surface area contributed by atoms with Gasteiger partial charge in [-0.1, -0.05) is 13.0 Å². The maximum absolute atomic E-state index is 5.03. The average Bonchev–Trinajstić information content (AvgIpc) is 1.89. The first-order valence-corrected chi connectivity index (χ1v) is 3.99. The van der Waals surface area contributed by atoms with Gasteiger partial charge in [0, 0.05) is 0 Å². The summed E-state index contributed by atoms with van der Waals surface area (Å²) in [6.45, 7) is 3.48. The van der Waals surface area contributed by atoms with E-state index in [1.165, 1.54) is 0 Å². The SMILES string of the molecule is CCC=COCCO[SiH3]. The predicted octanol–water partition coefficient (Wildman–Crippen LogP) is 0.224. The van der Waals surface area contributed by atoms with Crippen molar-refractivity contribution in [3.05, 3.63) is 12.3 Å². The third kappa shape index (κ3) is 7.72. The summed E-state index contributed by atoms with van der Waals surface area (Å²) in [5, 5.41) is 0. The maximum Gasteiger partial charge on any atom is 0.146 e. The Morgan fingerprint density at radius 3 is 2.78 bits per heavy atom. The van der Waals surface area contributed by atoms with E-state index in [4.69, 9.17) is 9.16 Å². The summed E-state index contributed by atoms with van der Waals surface area (Å²) in [4.78, 5) is 0. The molecule has 0 spiro atoms. The first kappa shape index (κ1) is 8.72. The molecular weight excluding hydrogens is 132 g/mol. The van der Waals surface area contributed by atoms with Gasteiger partial charge >= 0.3 is 0 Å². The normalized spacial score (nSPS) is 10.8. The minimum atomic E-state index is 0.681. The van der Waals surface area contributed by atoms with Crippen LogP contribution in [0, 0.1) is 0 Å². The Bertz CT molecular complexity index is 73.5. The molecular formula is C6H14O2Si. The van der Waals surface area contributed by atoms with Crippen LogP contribution in [0.25, 0.3) is 0 Å². The molecule has 3 heteroatoms. The summed E-state index contributed by atoms with van der Waals surface area (Å²) < 4.78 is 9.93. The van der Waals surface area contributed by atoms with Gasteiger partial charge in [-0.15, -0.1) is 0 Å². The largest absolute Gasteiger partial charge is 0.499 e. The molecule has 0 aliphatic rings. The van der Waals surface area contributed by atoms with Gasteiger partial charge in [-0.05, 0) is 6.42 Å². The lowest BCUT2D eigenvalue weighted by Crippen LogP contribution is -1.97. The van der Waals surface area contributed by atoms with Crippen LogP contribution in [0.1, 0.15) is 13.3 Å². The summed E-state index contributed by atoms with van der Waals surface area (Å²) in [6.07, 6.45) is 4.73. The van der Waals surface area contributed by atoms with E-state index in [0.29, 0.717) is 6.61 Å². The number of ether oxygens (including phenoxy) is 1. The smallest absolute Gasteiger partial charge is 0.146 e. The monoisotopic (exact) mass is 146 g/mol. The van der Waals surface area contributed by atoms with Crippen molar-refractivity contribution in [1.29, 1.82) is 0 Å². The first-order chi connectivity index (χ1) is 4.41. The first-order valence-electron chi connectivity index (χ1n) is 3.17. The summed E-state index contributed by atoms with van der Waals surface area (Å²) in [7, 11) is 0.804. The Morgan fingerprint density at radius 2 is 2.22 bits per heavy atom. The lowest BCUT2D eigenvalue weighted by molar-refractivity contribution is 0.186. The molecule has 0 aromatic heterocycles. The third-order valence-electron chi connectivity index (χ3n) is 0.833. The van der Waals surface area contributed by atoms with E-state index in [1.807, 2.05) is 6.08 Å². The molecule has 0 amide bonds. The van der Waals surface area contributed by atoms with Gasteiger partial charge < -0.3 is 9.16 Å². The third-order valence-corrected chi connectivity index (χ3v) is 1.24. The highest BCUT2D eigenvalue weighted by Gasteiger charge is 1.77. The van der Waals surface area contributed by atoms with Crippen molar-refractivity contribution in [2.45, 2.75) is 13.3 Å². The van der Waals surface area contributed by atoms with Crippen molar-refractivity contribution in [3.63, 3.8) is 0 Å². The van der Waals surface area contributed by atoms with E-state index >= 15 is 0 Å². The minimum absolute atomic E-state index is 0.681. The molecule has 0 atom stereocenters. The molecule has 0 unspecified atom stereocenters. The molecule has 0 aromatic rings. The molecule has 0 bridgehead atoms. The second kappa shape index (κ2) is 7.72. The highest BCUT2D eigenvalue weighted by molar-refractivity contribution is 5.97. The van der Waals surface area contributed by atoms with Crippen molar-refractivity contribution >= 4 is 10.5 Å². The van der Waals surface area contributed by atoms with Gasteiger partial charge in [0.05, 0.1) is 12.9 Å². The van der Waals surface area contributed by atoms with Crippen molar-refractivity contribution in [2.75, 3.05) is 13.2 Å². The van der Waals surface area contributed by atoms with Crippen molar-refractivity contribution in [1.82, 2.24) is 0 Å². The summed E-state index contributed by atoms with van der Waals surface area (Å²) in [5.74, 6) is 0. The highest BCUT2D eigenvalue weighted by Crippen LogP contribution is 1.81. The minimum Gasteiger partial charge on any atom is -0.499 e. The fourth-order valence-electron chi connectivity index (χ4n) is 0.364. The molecule has 0 aliphatic carbocycles. The zero-order chi connectivity index (χ0) is 6.95. The zero-order valence-corrected chi connectivity index (χ0v) is 8.09. The maximum atomic E-state index is 5.03. The van der Waals surface area contributed by atoms with Crippen LogP contribution in [0.5, 0.6) is 0 Å². The Hall–Kier alpha value is -0.283. The van der Waals surface area contributed by atoms with Crippen LogP contribution in [0.15, 0.2) is 12.3 Å². The predicted molar refractivity (Wildman–Crippen MR) is 41.3 cm³/mol. The topological polar surface area (TPSA) is 18.5 Å². The van der Waals surface area contributed by atoms with Crippen LogP contribution >= 0.6 is 0 Å². The molecule has 0 saturated carbocycles. The number of allylic oxidation sites excluding steroid dienone is 1. The number of rotatable bonds is 5. The molecule has 0 aromatic carbocycles. The fourth-order valence-corrected chi connectivity index (χ4v) is 0.530. The van der Waals surface area contributed by atoms with Gasteiger partial charge in [0.1, 0.15) is 17.1 Å². The van der Waals surface area contributed by atoms with Gasteiger partial charge in [0.25, 0.3) is 0 Å². The van der Waals surface area contributed by atoms with E-state index in [2.05, 4.69) is 6.92 Å². The zero-order valence-electron chi connectivity index (χ0n) is 6.09. The lowest BCUT2D eigenvalue weighted by atomic mass is 10.5. The second-order valence-electron chi connectivity index (χ2n) is 1.64. The Morgan fingerprint density at radius 1 is 1.44 bits per heavy atom. The molecule has 54 valence electrons. The van der Waals surface area contributed by atoms with Gasteiger partial charge in [-0.3, -0.25) is 0 Å². The van der Waals surface area contributed by atoms with Crippen molar-refractivity contribution in [3.8, 4) is 0 Å². The van der Waals surface area contributed by atoms with Gasteiger partial charge in [-0.2, -0.15) is 0 Å². The molecule has 2 nitrogen and oxygen atoms in total. The molecule has 0 aliphatic heterocycles. The Kier molecular flexibility index (Phi) is 7.47. The Labute approximate surface area is 59.4 Å². The van der Waals surface area contributed by atoms with Crippen LogP contribution < -0.4 is 0 Å². The second-order valence-corrected chi connectivity index (χ2v) is 2.22. The van der Waals surface area contributed by atoms with Gasteiger partial charge in [0.2, 0.25) is 0 Å². The van der Waals surface area contributed by atoms with E-state index in [0.717, 1.165) is 23.5 Å². The summed E-state index contributed by atoms with van der Waals surface area (Å²) in [5.41, 5.74) is 0. The summed E-state index contributed by atoms with van der Waals surface area (Å²) in [6, 6.07) is 0. The van der Waals surface area contributed by atoms with Crippen LogP contribution in [0.2, 0.25) is 0 Å². The van der Waals surface area contributed by atoms with E-state index < -0.39 is 0 Å². The average molecular weight is 146 g/mol. The molecule has 0 rings (SSSR count). The molecule has 0 saturated heterocycles. The molecule has 0 radical (unpaired) electrons. The molecule has 0 heterocycles. The Balaban J connectivity index is 2.82. The van der Waals surface area contributed by atoms with Crippen molar-refractivity contribution < 1.29 is 9.16 Å². The van der Waals surface area contributed by atoms with Crippen LogP contribution in [0.3, 0.4) is 0 Å². The van der Waals surface area contributed by atoms with Gasteiger partial charge in [-0.25, -0.2) is 0 Å². The standard InChI is InChI=1S/C6H14O2Si/c1-2-3-4-7-5-6-8-9/h3-4H,2,5-6H2,1,9H3.